The Bertz CT molecular complexity index is 637. The van der Waals surface area contributed by atoms with Crippen molar-refractivity contribution in [1.29, 1.82) is 0 Å². The molecule has 0 radical (unpaired) electrons. The Balaban J connectivity index is 1.57. The molecule has 1 aliphatic heterocycles. The lowest BCUT2D eigenvalue weighted by Crippen LogP contribution is -2.46. The average molecular weight is 316 g/mol. The second-order valence-electron chi connectivity index (χ2n) is 5.87. The first kappa shape index (κ1) is 15.6. The van der Waals surface area contributed by atoms with Crippen molar-refractivity contribution in [3.63, 3.8) is 0 Å². The first-order chi connectivity index (χ1) is 11.1. The molecule has 2 aromatic heterocycles. The summed E-state index contributed by atoms with van der Waals surface area (Å²) in [5.74, 6) is 1.51. The van der Waals surface area contributed by atoms with E-state index in [0.717, 1.165) is 37.8 Å². The van der Waals surface area contributed by atoms with E-state index in [1.807, 2.05) is 31.1 Å². The molecule has 6 nitrogen and oxygen atoms in total. The second kappa shape index (κ2) is 6.87. The Morgan fingerprint density at radius 1 is 1.09 bits per heavy atom. The fourth-order valence-corrected chi connectivity index (χ4v) is 2.63. The first-order valence-electron chi connectivity index (χ1n) is 7.70. The quantitative estimate of drug-likeness (QED) is 0.850. The smallest absolute Gasteiger partial charge is 0.151 e. The number of halogens is 1. The Hall–Kier alpha value is -2.28. The van der Waals surface area contributed by atoms with E-state index in [1.165, 1.54) is 6.20 Å². The summed E-state index contributed by atoms with van der Waals surface area (Å²) >= 11 is 0. The van der Waals surface area contributed by atoms with E-state index in [-0.39, 0.29) is 5.82 Å². The molecular formula is C16H21FN6. The largest absolute Gasteiger partial charge is 0.361 e. The topological polar surface area (TPSA) is 48.4 Å². The summed E-state index contributed by atoms with van der Waals surface area (Å²) in [4.78, 5) is 10.2. The van der Waals surface area contributed by atoms with Crippen LogP contribution < -0.4 is 9.80 Å². The third-order valence-electron chi connectivity index (χ3n) is 4.04. The average Bonchev–Trinajstić information content (AvgIpc) is 2.58. The van der Waals surface area contributed by atoms with Crippen LogP contribution in [0.2, 0.25) is 0 Å². The molecule has 0 spiro atoms. The monoisotopic (exact) mass is 316 g/mol. The van der Waals surface area contributed by atoms with Crippen LogP contribution in [0.5, 0.6) is 0 Å². The number of hydrogen-bond acceptors (Lipinski definition) is 6. The van der Waals surface area contributed by atoms with Gasteiger partial charge in [0.25, 0.3) is 0 Å². The molecule has 0 saturated carbocycles. The molecule has 0 aromatic carbocycles. The zero-order valence-electron chi connectivity index (χ0n) is 13.5. The number of anilines is 2. The molecule has 0 aliphatic carbocycles. The lowest BCUT2D eigenvalue weighted by atomic mass is 10.2. The molecule has 0 N–H and O–H groups in total. The van der Waals surface area contributed by atoms with Crippen molar-refractivity contribution in [3.8, 4) is 0 Å². The van der Waals surface area contributed by atoms with Crippen molar-refractivity contribution in [3.05, 3.63) is 42.0 Å². The molecule has 0 unspecified atom stereocenters. The van der Waals surface area contributed by atoms with Gasteiger partial charge in [0.05, 0.1) is 6.20 Å². The maximum Gasteiger partial charge on any atom is 0.151 e. The molecule has 0 amide bonds. The molecule has 23 heavy (non-hydrogen) atoms. The third-order valence-corrected chi connectivity index (χ3v) is 4.04. The summed E-state index contributed by atoms with van der Waals surface area (Å²) in [6.45, 7) is 4.09. The highest BCUT2D eigenvalue weighted by Gasteiger charge is 2.19. The van der Waals surface area contributed by atoms with Crippen molar-refractivity contribution in [2.45, 2.75) is 6.54 Å². The SMILES string of the molecule is CN(C)c1ccc(N2CCN(Cc3ccncc3F)CC2)nn1. The summed E-state index contributed by atoms with van der Waals surface area (Å²) < 4.78 is 13.7. The van der Waals surface area contributed by atoms with Crippen molar-refractivity contribution in [2.75, 3.05) is 50.1 Å². The van der Waals surface area contributed by atoms with Crippen LogP contribution in [0.15, 0.2) is 30.6 Å². The molecule has 7 heteroatoms. The van der Waals surface area contributed by atoms with Crippen LogP contribution in [0, 0.1) is 5.82 Å². The van der Waals surface area contributed by atoms with Gasteiger partial charge in [0.15, 0.2) is 11.6 Å². The number of rotatable bonds is 4. The van der Waals surface area contributed by atoms with Crippen molar-refractivity contribution in [2.24, 2.45) is 0 Å². The van der Waals surface area contributed by atoms with Crippen molar-refractivity contribution < 1.29 is 4.39 Å². The minimum atomic E-state index is -0.236. The van der Waals surface area contributed by atoms with E-state index in [9.17, 15) is 4.39 Å². The molecule has 122 valence electrons. The normalized spacial score (nSPS) is 15.7. The van der Waals surface area contributed by atoms with Gasteiger partial charge in [0.1, 0.15) is 5.82 Å². The van der Waals surface area contributed by atoms with Gasteiger partial charge in [-0.25, -0.2) is 4.39 Å². The van der Waals surface area contributed by atoms with Crippen LogP contribution in [-0.4, -0.2) is 60.4 Å². The Morgan fingerprint density at radius 3 is 2.48 bits per heavy atom. The van der Waals surface area contributed by atoms with Crippen LogP contribution in [0.25, 0.3) is 0 Å². The van der Waals surface area contributed by atoms with E-state index in [4.69, 9.17) is 0 Å². The van der Waals surface area contributed by atoms with Gasteiger partial charge in [-0.05, 0) is 18.2 Å². The van der Waals surface area contributed by atoms with Gasteiger partial charge in [-0.3, -0.25) is 9.88 Å². The molecule has 3 heterocycles. The van der Waals surface area contributed by atoms with Gasteiger partial charge < -0.3 is 9.80 Å². The summed E-state index contributed by atoms with van der Waals surface area (Å²) in [6, 6.07) is 5.72. The van der Waals surface area contributed by atoms with Gasteiger partial charge in [0.2, 0.25) is 0 Å². The summed E-state index contributed by atoms with van der Waals surface area (Å²) in [7, 11) is 3.89. The number of hydrogen-bond donors (Lipinski definition) is 0. The molecule has 3 rings (SSSR count). The van der Waals surface area contributed by atoms with Gasteiger partial charge in [-0.1, -0.05) is 0 Å². The van der Waals surface area contributed by atoms with Gasteiger partial charge in [-0.2, -0.15) is 0 Å². The number of piperazine rings is 1. The summed E-state index contributed by atoms with van der Waals surface area (Å²) in [5.41, 5.74) is 0.698. The van der Waals surface area contributed by atoms with Crippen LogP contribution in [0.4, 0.5) is 16.0 Å². The van der Waals surface area contributed by atoms with E-state index in [2.05, 4.69) is 25.0 Å². The molecule has 2 aromatic rings. The minimum Gasteiger partial charge on any atom is -0.361 e. The Kier molecular flexibility index (Phi) is 4.66. The lowest BCUT2D eigenvalue weighted by Gasteiger charge is -2.35. The van der Waals surface area contributed by atoms with Crippen LogP contribution >= 0.6 is 0 Å². The molecule has 0 atom stereocenters. The van der Waals surface area contributed by atoms with Crippen LogP contribution in [0.1, 0.15) is 5.56 Å². The standard InChI is InChI=1S/C16H21FN6/c1-21(2)15-3-4-16(20-19-15)23-9-7-22(8-10-23)12-13-5-6-18-11-14(13)17/h3-6,11H,7-10,12H2,1-2H3. The first-order valence-corrected chi connectivity index (χ1v) is 7.70. The van der Waals surface area contributed by atoms with Crippen LogP contribution in [-0.2, 0) is 6.54 Å². The number of aromatic nitrogens is 3. The highest BCUT2D eigenvalue weighted by molar-refractivity contribution is 5.44. The van der Waals surface area contributed by atoms with Crippen molar-refractivity contribution >= 4 is 11.6 Å². The Labute approximate surface area is 135 Å². The third kappa shape index (κ3) is 3.73. The molecule has 1 aliphatic rings. The summed E-state index contributed by atoms with van der Waals surface area (Å²) in [6.07, 6.45) is 2.91. The van der Waals surface area contributed by atoms with E-state index >= 15 is 0 Å². The second-order valence-corrected chi connectivity index (χ2v) is 5.87. The maximum absolute atomic E-state index is 13.7. The van der Waals surface area contributed by atoms with Gasteiger partial charge in [-0.15, -0.1) is 10.2 Å². The number of pyridine rings is 1. The van der Waals surface area contributed by atoms with E-state index in [0.29, 0.717) is 12.1 Å². The fourth-order valence-electron chi connectivity index (χ4n) is 2.63. The molecule has 1 fully saturated rings. The zero-order chi connectivity index (χ0) is 16.2. The number of nitrogens with zero attached hydrogens (tertiary/aromatic N) is 6. The molecule has 1 saturated heterocycles. The van der Waals surface area contributed by atoms with Crippen LogP contribution in [0.3, 0.4) is 0 Å². The lowest BCUT2D eigenvalue weighted by molar-refractivity contribution is 0.246. The molecule has 0 bridgehead atoms. The highest BCUT2D eigenvalue weighted by Crippen LogP contribution is 2.17. The zero-order valence-corrected chi connectivity index (χ0v) is 13.5. The van der Waals surface area contributed by atoms with E-state index in [1.54, 1.807) is 12.3 Å². The minimum absolute atomic E-state index is 0.236. The van der Waals surface area contributed by atoms with E-state index < -0.39 is 0 Å². The maximum atomic E-state index is 13.7. The molecular weight excluding hydrogens is 295 g/mol. The highest BCUT2D eigenvalue weighted by atomic mass is 19.1. The van der Waals surface area contributed by atoms with Gasteiger partial charge >= 0.3 is 0 Å². The predicted octanol–water partition coefficient (Wildman–Crippen LogP) is 1.40. The Morgan fingerprint density at radius 2 is 1.87 bits per heavy atom. The van der Waals surface area contributed by atoms with Crippen molar-refractivity contribution in [1.82, 2.24) is 20.1 Å². The fraction of sp³-hybridized carbons (Fsp3) is 0.438. The predicted molar refractivity (Wildman–Crippen MR) is 88.0 cm³/mol. The summed E-state index contributed by atoms with van der Waals surface area (Å²) in [5, 5.41) is 8.51. The van der Waals surface area contributed by atoms with Gasteiger partial charge in [0, 0.05) is 58.6 Å².